The topological polar surface area (TPSA) is 393 Å². The molecule has 562 valence electrons. The van der Waals surface area contributed by atoms with E-state index >= 15 is 0 Å². The van der Waals surface area contributed by atoms with E-state index in [1.54, 1.807) is 194 Å². The van der Waals surface area contributed by atoms with Crippen LogP contribution in [-0.4, -0.2) is 109 Å². The first-order chi connectivity index (χ1) is 56.8. The van der Waals surface area contributed by atoms with Gasteiger partial charge in [0.25, 0.3) is 23.6 Å². The lowest BCUT2D eigenvalue weighted by molar-refractivity contribution is 0.0944. The van der Waals surface area contributed by atoms with Crippen molar-refractivity contribution in [2.75, 3.05) is 0 Å². The van der Waals surface area contributed by atoms with Gasteiger partial charge in [0, 0.05) is 44.2 Å². The number of carbonyl (C=O) groups excluding carboxylic acids is 4. The molecule has 0 atom stereocenters. The third kappa shape index (κ3) is 14.6. The number of fused-ring (bicyclic) bond motifs is 20. The second-order valence-corrected chi connectivity index (χ2v) is 25.7. The van der Waals surface area contributed by atoms with Gasteiger partial charge < -0.3 is 49.3 Å². The van der Waals surface area contributed by atoms with Crippen molar-refractivity contribution < 1.29 is 58.6 Å². The normalized spacial score (nSPS) is 11.6. The quantitative estimate of drug-likeness (QED) is 0.0250. The van der Waals surface area contributed by atoms with Crippen LogP contribution in [0.4, 0.5) is 0 Å². The molecule has 2 aliphatic heterocycles. The molecule has 5 heterocycles. The van der Waals surface area contributed by atoms with Gasteiger partial charge in [0.05, 0.1) is 69.0 Å². The largest absolute Gasteiger partial charge is 0.507 e. The Morgan fingerprint density at radius 3 is 0.853 bits per heavy atom. The van der Waals surface area contributed by atoms with E-state index in [0.29, 0.717) is 89.1 Å². The Bertz CT molecular complexity index is 6420. The van der Waals surface area contributed by atoms with E-state index in [4.69, 9.17) is 48.9 Å². The molecule has 0 fully saturated rings. The van der Waals surface area contributed by atoms with Crippen molar-refractivity contribution in [1.29, 1.82) is 0 Å². The number of nitrogens with zero attached hydrogens (tertiary/aromatic N) is 10. The number of rotatable bonds is 20. The maximum Gasteiger partial charge on any atom is 0.275 e. The highest BCUT2D eigenvalue weighted by Crippen LogP contribution is 2.47. The highest BCUT2D eigenvalue weighted by Gasteiger charge is 2.30. The zero-order valence-corrected chi connectivity index (χ0v) is 60.2. The monoisotopic (exact) mass is 1530 g/mol. The Kier molecular flexibility index (Phi) is 19.5. The summed E-state index contributed by atoms with van der Waals surface area (Å²) in [6.07, 6.45) is 5.65. The van der Waals surface area contributed by atoms with Crippen molar-refractivity contribution in [1.82, 2.24) is 61.6 Å². The van der Waals surface area contributed by atoms with Crippen LogP contribution in [0, 0.1) is 0 Å². The number of phenolic OH excluding ortho intramolecular Hbond substituents is 4. The summed E-state index contributed by atoms with van der Waals surface area (Å²) in [5.74, 6) is -0.653. The molecule has 0 radical (unpaired) electrons. The maximum atomic E-state index is 13.2. The number of ether oxygens (including phenoxy) is 4. The van der Waals surface area contributed by atoms with Gasteiger partial charge in [0.15, 0.2) is 23.3 Å². The summed E-state index contributed by atoms with van der Waals surface area (Å²) >= 11 is 0. The van der Waals surface area contributed by atoms with Crippen LogP contribution in [0.15, 0.2) is 287 Å². The molecule has 12 aromatic carbocycles. The first kappa shape index (κ1) is 71.9. The molecule has 0 saturated carbocycles. The second-order valence-electron chi connectivity index (χ2n) is 25.7. The van der Waals surface area contributed by atoms with Crippen LogP contribution in [0.25, 0.3) is 89.7 Å². The molecule has 17 rings (SSSR count). The first-order valence-electron chi connectivity index (χ1n) is 35.7. The highest BCUT2D eigenvalue weighted by atomic mass is 16.5. The predicted octanol–water partition coefficient (Wildman–Crippen LogP) is 15.9. The van der Waals surface area contributed by atoms with Gasteiger partial charge in [0.2, 0.25) is 0 Å². The van der Waals surface area contributed by atoms with Crippen molar-refractivity contribution in [3.63, 3.8) is 0 Å². The van der Waals surface area contributed by atoms with Crippen molar-refractivity contribution in [3.8, 4) is 115 Å². The fourth-order valence-electron chi connectivity index (χ4n) is 12.9. The maximum absolute atomic E-state index is 13.2. The van der Waals surface area contributed by atoms with E-state index in [0.717, 1.165) is 0 Å². The van der Waals surface area contributed by atoms with Gasteiger partial charge in [-0.1, -0.05) is 146 Å². The van der Waals surface area contributed by atoms with Crippen LogP contribution >= 0.6 is 0 Å². The van der Waals surface area contributed by atoms with Crippen LogP contribution in [0.3, 0.4) is 0 Å². The Balaban J connectivity index is 0.859. The Morgan fingerprint density at radius 1 is 0.276 bits per heavy atom. The van der Waals surface area contributed by atoms with Gasteiger partial charge in [0.1, 0.15) is 91.6 Å². The molecule has 15 aromatic rings. The number of aromatic hydroxyl groups is 4. The molecular weight excluding hydrogens is 1470 g/mol. The summed E-state index contributed by atoms with van der Waals surface area (Å²) in [5.41, 5.74) is 14.4. The highest BCUT2D eigenvalue weighted by molar-refractivity contribution is 6.11. The van der Waals surface area contributed by atoms with E-state index in [-0.39, 0.29) is 114 Å². The average Bonchev–Trinajstić information content (AvgIpc) is 1.58. The van der Waals surface area contributed by atoms with Crippen LogP contribution in [0.1, 0.15) is 63.7 Å². The summed E-state index contributed by atoms with van der Waals surface area (Å²) < 4.78 is 27.7. The van der Waals surface area contributed by atoms with E-state index in [1.165, 1.54) is 73.4 Å². The molecule has 28 nitrogen and oxygen atoms in total. The molecular formula is C88H58N16O12. The van der Waals surface area contributed by atoms with E-state index in [2.05, 4.69) is 52.1 Å². The fourth-order valence-corrected chi connectivity index (χ4v) is 12.9. The van der Waals surface area contributed by atoms with Gasteiger partial charge in [-0.3, -0.25) is 19.2 Å². The molecule has 8 bridgehead atoms. The van der Waals surface area contributed by atoms with Crippen LogP contribution in [0.2, 0.25) is 0 Å². The SMILES string of the molecule is O=C(N/N=C/c1ccccc1Oc1cccc2c1-c1nc-2nc2[nH]c(nc3nc(nc4[nH]c(n1)c1cccc(Oc5ccccc5/C=N/NC(=O)c5ccccc5O)c41)-c1cccc(Oc4ccccc4/C=N/NC(=O)c4ccccc4O)c1-3)c1cccc(Oc3ccccc3/C=N/NC(=O)c3ccccc3O)c21)c1ccccc1O. The molecule has 3 aromatic heterocycles. The lowest BCUT2D eigenvalue weighted by Crippen LogP contribution is -2.17. The first-order valence-corrected chi connectivity index (χ1v) is 35.7. The number of H-pyrrole nitrogens is 2. The predicted molar refractivity (Wildman–Crippen MR) is 435 cm³/mol. The Morgan fingerprint density at radius 2 is 0.534 bits per heavy atom. The van der Waals surface area contributed by atoms with Crippen molar-refractivity contribution in [2.24, 2.45) is 20.4 Å². The van der Waals surface area contributed by atoms with Gasteiger partial charge in [-0.15, -0.1) is 0 Å². The van der Waals surface area contributed by atoms with Crippen molar-refractivity contribution >= 4 is 92.6 Å². The van der Waals surface area contributed by atoms with Crippen LogP contribution < -0.4 is 40.7 Å². The minimum atomic E-state index is -0.648. The molecule has 0 unspecified atom stereocenters. The lowest BCUT2D eigenvalue weighted by atomic mass is 10.1. The van der Waals surface area contributed by atoms with E-state index in [9.17, 15) is 39.6 Å². The summed E-state index contributed by atoms with van der Waals surface area (Å²) in [6, 6.07) is 73.9. The number of nitrogens with one attached hydrogen (secondary N) is 6. The fraction of sp³-hybridized carbons (Fsp3) is 0. The van der Waals surface area contributed by atoms with Gasteiger partial charge in [-0.25, -0.2) is 51.6 Å². The third-order valence-corrected chi connectivity index (χ3v) is 18.4. The summed E-state index contributed by atoms with van der Waals surface area (Å²) in [4.78, 5) is 92.1. The number of para-hydroxylation sites is 8. The molecule has 10 N–H and O–H groups in total. The molecule has 2 aliphatic rings. The molecule has 28 heteroatoms. The molecule has 116 heavy (non-hydrogen) atoms. The van der Waals surface area contributed by atoms with E-state index < -0.39 is 23.6 Å². The minimum Gasteiger partial charge on any atom is -0.507 e. The molecule has 0 saturated heterocycles. The number of hydrogen-bond donors (Lipinski definition) is 10. The van der Waals surface area contributed by atoms with Crippen LogP contribution in [0.5, 0.6) is 69.0 Å². The summed E-state index contributed by atoms with van der Waals surface area (Å²) in [6.45, 7) is 0. The molecule has 0 spiro atoms. The van der Waals surface area contributed by atoms with Gasteiger partial charge in [-0.05, 0) is 121 Å². The number of aromatic amines is 2. The van der Waals surface area contributed by atoms with Crippen molar-refractivity contribution in [3.05, 3.63) is 311 Å². The smallest absolute Gasteiger partial charge is 0.275 e. The summed E-state index contributed by atoms with van der Waals surface area (Å²) in [5, 5.41) is 60.6. The number of carbonyl (C=O) groups is 4. The Hall–Kier alpha value is -17.0. The second kappa shape index (κ2) is 31.5. The van der Waals surface area contributed by atoms with E-state index in [1.807, 2.05) is 24.3 Å². The minimum absolute atomic E-state index is 0.0193. The Labute approximate surface area is 655 Å². The number of amides is 4. The third-order valence-electron chi connectivity index (χ3n) is 18.4. The molecule has 4 amide bonds. The lowest BCUT2D eigenvalue weighted by Gasteiger charge is -2.12. The number of hydrogen-bond acceptors (Lipinski definition) is 22. The van der Waals surface area contributed by atoms with Crippen LogP contribution in [-0.2, 0) is 0 Å². The summed E-state index contributed by atoms with van der Waals surface area (Å²) in [7, 11) is 0. The van der Waals surface area contributed by atoms with Crippen molar-refractivity contribution in [2.45, 2.75) is 0 Å². The molecule has 0 aliphatic carbocycles. The zero-order chi connectivity index (χ0) is 79.2. The number of hydrazone groups is 4. The number of benzene rings is 12. The van der Waals surface area contributed by atoms with Gasteiger partial charge in [-0.2, -0.15) is 20.4 Å². The number of aromatic nitrogens is 8. The van der Waals surface area contributed by atoms with Gasteiger partial charge >= 0.3 is 0 Å². The average molecular weight is 1530 g/mol. The zero-order valence-electron chi connectivity index (χ0n) is 60.2. The number of phenols is 4. The standard InChI is InChI=1S/C88H58N16O12/c105-61-33-9-5-25-53(61)85(109)101-89-45-49-21-1-13-37-65(49)113-69-41-17-29-57-73(69)81-93-77(57)98-82-75-59(31-19-43-71(75)115-67-39-15-3-23-51(67)47-91-103-87(111)55-27-7-11-35-63(55)107)79(95-82)100-84-76-60(32-20-44-72(76)116-68-40-16-4-24-52(68)48-92-104-88(112)56-28-8-12-36-64(56)108)80(96-84)99-83-74-58(78(94-83)97-81)30-18-42-70(74)114-66-38-14-2-22-50(66)46-90-102-86(110)54-26-6-10-34-62(54)106/h1-48,105-108H,(H,101,109)(H,102,110)(H,103,111)(H,104,112)(H2,93,94,95,96,97,98,99,100)/b89-45+,90-46+,91-47+,92-48+.